The van der Waals surface area contributed by atoms with E-state index < -0.39 is 11.9 Å². The van der Waals surface area contributed by atoms with Crippen LogP contribution >= 0.6 is 24.4 Å². The number of nitrogens with one attached hydrogen (secondary N) is 3. The number of amides is 3. The van der Waals surface area contributed by atoms with E-state index in [9.17, 15) is 14.4 Å². The molecule has 1 aliphatic rings. The monoisotopic (exact) mass is 566 g/mol. The van der Waals surface area contributed by atoms with Gasteiger partial charge in [-0.05, 0) is 73.4 Å². The van der Waals surface area contributed by atoms with Gasteiger partial charge in [0.15, 0.2) is 9.88 Å². The Labute approximate surface area is 238 Å². The minimum Gasteiger partial charge on any atom is -0.368 e. The molecule has 3 aromatic rings. The lowest BCUT2D eigenvalue weighted by Crippen LogP contribution is -2.45. The van der Waals surface area contributed by atoms with E-state index in [-0.39, 0.29) is 17.9 Å². The third kappa shape index (κ3) is 6.90. The van der Waals surface area contributed by atoms with E-state index in [0.29, 0.717) is 40.9 Å². The number of aromatic nitrogens is 2. The predicted octanol–water partition coefficient (Wildman–Crippen LogP) is 3.44. The molecule has 39 heavy (non-hydrogen) atoms. The zero-order chi connectivity index (χ0) is 28.1. The second kappa shape index (κ2) is 12.5. The van der Waals surface area contributed by atoms with E-state index in [0.717, 1.165) is 35.9 Å². The van der Waals surface area contributed by atoms with Gasteiger partial charge in [-0.15, -0.1) is 0 Å². The molecule has 0 saturated carbocycles. The number of unbranched alkanes of at least 4 members (excludes halogenated alkanes) is 1. The first-order chi connectivity index (χ1) is 18.6. The number of carbonyl (C=O) groups is 3. The molecule has 5 N–H and O–H groups in total. The number of rotatable bonds is 12. The van der Waals surface area contributed by atoms with Crippen LogP contribution in [0.1, 0.15) is 49.0 Å². The van der Waals surface area contributed by atoms with E-state index >= 15 is 0 Å². The van der Waals surface area contributed by atoms with Gasteiger partial charge in [-0.3, -0.25) is 19.3 Å². The van der Waals surface area contributed by atoms with Crippen molar-refractivity contribution in [1.29, 1.82) is 0 Å². The van der Waals surface area contributed by atoms with Gasteiger partial charge in [0, 0.05) is 25.1 Å². The largest absolute Gasteiger partial charge is 0.368 e. The number of hydrogen-bond acceptors (Lipinski definition) is 5. The Kier molecular flexibility index (Phi) is 9.13. The van der Waals surface area contributed by atoms with Gasteiger partial charge < -0.3 is 25.9 Å². The standard InChI is InChI=1S/C28H34N6O3S2/c1-17(2)14-22-26(37)34(28(39)32-22)13-7-6-12-33-23-11-10-19(16-20(23)31-27(33)38)25(36)30-21(24(29)35)15-18-8-4-3-5-9-18/h3-5,8-11,16-17,21-22H,6-7,12-15H2,1-2H3,(H2,29,35)(H,30,36)(H,31,38)(H,32,39)/t21-,22?/m0/s1. The molecule has 11 heteroatoms. The Bertz CT molecular complexity index is 1430. The normalized spacial score (nSPS) is 16.1. The van der Waals surface area contributed by atoms with Gasteiger partial charge in [-0.25, -0.2) is 0 Å². The molecule has 0 bridgehead atoms. The fourth-order valence-corrected chi connectivity index (χ4v) is 5.42. The average Bonchev–Trinajstić information content (AvgIpc) is 3.34. The highest BCUT2D eigenvalue weighted by Gasteiger charge is 2.34. The van der Waals surface area contributed by atoms with Gasteiger partial charge in [-0.2, -0.15) is 0 Å². The number of nitrogens with two attached hydrogens (primary N) is 1. The van der Waals surface area contributed by atoms with E-state index in [2.05, 4.69) is 29.5 Å². The molecular weight excluding hydrogens is 532 g/mol. The third-order valence-corrected chi connectivity index (χ3v) is 7.46. The molecular formula is C28H34N6O3S2. The molecule has 0 radical (unpaired) electrons. The topological polar surface area (TPSA) is 125 Å². The van der Waals surface area contributed by atoms with Crippen LogP contribution in [0.4, 0.5) is 0 Å². The highest BCUT2D eigenvalue weighted by molar-refractivity contribution is 7.80. The highest BCUT2D eigenvalue weighted by atomic mass is 32.1. The quantitative estimate of drug-likeness (QED) is 0.197. The Morgan fingerprint density at radius 3 is 2.49 bits per heavy atom. The van der Waals surface area contributed by atoms with Crippen LogP contribution in [0.3, 0.4) is 0 Å². The summed E-state index contributed by atoms with van der Waals surface area (Å²) in [6.07, 6.45) is 2.64. The Hall–Kier alpha value is -3.57. The van der Waals surface area contributed by atoms with Gasteiger partial charge in [0.05, 0.1) is 11.0 Å². The number of fused-ring (bicyclic) bond motifs is 1. The Morgan fingerprint density at radius 2 is 1.79 bits per heavy atom. The number of imidazole rings is 1. The van der Waals surface area contributed by atoms with Crippen LogP contribution in [-0.2, 0) is 22.6 Å². The first-order valence-electron chi connectivity index (χ1n) is 13.1. The van der Waals surface area contributed by atoms with Gasteiger partial charge in [0.1, 0.15) is 12.1 Å². The minimum atomic E-state index is -0.829. The van der Waals surface area contributed by atoms with Crippen LogP contribution in [0.25, 0.3) is 11.0 Å². The second-order valence-electron chi connectivity index (χ2n) is 10.3. The van der Waals surface area contributed by atoms with Crippen molar-refractivity contribution in [3.05, 3.63) is 64.4 Å². The summed E-state index contributed by atoms with van der Waals surface area (Å²) in [6, 6.07) is 13.6. The molecule has 1 fully saturated rings. The van der Waals surface area contributed by atoms with E-state index in [1.54, 1.807) is 17.0 Å². The van der Waals surface area contributed by atoms with Crippen molar-refractivity contribution in [3.63, 3.8) is 0 Å². The summed E-state index contributed by atoms with van der Waals surface area (Å²) in [7, 11) is 0. The molecule has 2 aromatic carbocycles. The summed E-state index contributed by atoms with van der Waals surface area (Å²) >= 11 is 10.9. The number of aromatic amines is 1. The first kappa shape index (κ1) is 28.4. The summed E-state index contributed by atoms with van der Waals surface area (Å²) in [5, 5.41) is 6.39. The van der Waals surface area contributed by atoms with Gasteiger partial charge >= 0.3 is 0 Å². The molecule has 9 nitrogen and oxygen atoms in total. The molecule has 1 saturated heterocycles. The van der Waals surface area contributed by atoms with Crippen LogP contribution in [0.15, 0.2) is 48.5 Å². The zero-order valence-corrected chi connectivity index (χ0v) is 23.7. The number of benzene rings is 2. The average molecular weight is 567 g/mol. The number of H-pyrrole nitrogens is 1. The lowest BCUT2D eigenvalue weighted by molar-refractivity contribution is -0.127. The highest BCUT2D eigenvalue weighted by Crippen LogP contribution is 2.19. The predicted molar refractivity (Wildman–Crippen MR) is 158 cm³/mol. The molecule has 206 valence electrons. The summed E-state index contributed by atoms with van der Waals surface area (Å²) in [4.78, 5) is 42.4. The first-order valence-corrected chi connectivity index (χ1v) is 13.9. The van der Waals surface area contributed by atoms with Crippen molar-refractivity contribution in [3.8, 4) is 0 Å². The maximum atomic E-state index is 12.9. The summed E-state index contributed by atoms with van der Waals surface area (Å²) < 4.78 is 2.53. The number of hydrogen-bond donors (Lipinski definition) is 4. The number of aryl methyl sites for hydroxylation is 1. The molecule has 2 atom stereocenters. The lowest BCUT2D eigenvalue weighted by Gasteiger charge is -2.16. The zero-order valence-electron chi connectivity index (χ0n) is 22.1. The van der Waals surface area contributed by atoms with Gasteiger partial charge in [-0.1, -0.05) is 44.2 Å². The van der Waals surface area contributed by atoms with Crippen molar-refractivity contribution in [2.75, 3.05) is 6.54 Å². The summed E-state index contributed by atoms with van der Waals surface area (Å²) in [5.41, 5.74) is 8.45. The molecule has 4 rings (SSSR count). The van der Waals surface area contributed by atoms with E-state index in [4.69, 9.17) is 30.2 Å². The lowest BCUT2D eigenvalue weighted by atomic mass is 10.0. The minimum absolute atomic E-state index is 0.0468. The van der Waals surface area contributed by atoms with Crippen LogP contribution in [0, 0.1) is 10.7 Å². The van der Waals surface area contributed by atoms with Gasteiger partial charge in [0.25, 0.3) is 11.8 Å². The van der Waals surface area contributed by atoms with Crippen LogP contribution < -0.4 is 16.4 Å². The number of thiocarbonyl (C=S) groups is 1. The van der Waals surface area contributed by atoms with Crippen LogP contribution in [0.2, 0.25) is 0 Å². The van der Waals surface area contributed by atoms with Crippen LogP contribution in [-0.4, -0.2) is 55.9 Å². The summed E-state index contributed by atoms with van der Waals surface area (Å²) in [6.45, 7) is 5.39. The number of nitrogens with zero attached hydrogens (tertiary/aromatic N) is 2. The maximum Gasteiger partial charge on any atom is 0.252 e. The molecule has 0 aliphatic carbocycles. The second-order valence-corrected chi connectivity index (χ2v) is 11.0. The molecule has 3 amide bonds. The van der Waals surface area contributed by atoms with Crippen LogP contribution in [0.5, 0.6) is 0 Å². The number of carbonyl (C=O) groups excluding carboxylic acids is 3. The van der Waals surface area contributed by atoms with Crippen molar-refractivity contribution in [2.24, 2.45) is 11.7 Å². The molecule has 1 unspecified atom stereocenters. The SMILES string of the molecule is CC(C)CC1NC(=S)N(CCCCn2c(=S)[nH]c3cc(C(=O)N[C@@H](Cc4ccccc4)C(N)=O)ccc32)C1=O. The van der Waals surface area contributed by atoms with Gasteiger partial charge in [0.2, 0.25) is 5.91 Å². The van der Waals surface area contributed by atoms with Crippen molar-refractivity contribution in [1.82, 2.24) is 25.1 Å². The van der Waals surface area contributed by atoms with Crippen molar-refractivity contribution in [2.45, 2.75) is 58.2 Å². The van der Waals surface area contributed by atoms with E-state index in [1.807, 2.05) is 41.0 Å². The fraction of sp³-hybridized carbons (Fsp3) is 0.393. The maximum absolute atomic E-state index is 12.9. The summed E-state index contributed by atoms with van der Waals surface area (Å²) in [5.74, 6) is -0.533. The van der Waals surface area contributed by atoms with Crippen molar-refractivity contribution < 1.29 is 14.4 Å². The Balaban J connectivity index is 1.36. The molecule has 1 aromatic heterocycles. The molecule has 1 aliphatic heterocycles. The fourth-order valence-electron chi connectivity index (χ4n) is 4.80. The molecule has 0 spiro atoms. The number of primary amides is 1. The van der Waals surface area contributed by atoms with Crippen molar-refractivity contribution >= 4 is 58.3 Å². The smallest absolute Gasteiger partial charge is 0.252 e. The Morgan fingerprint density at radius 1 is 1.08 bits per heavy atom. The third-order valence-electron chi connectivity index (χ3n) is 6.80. The molecule has 2 heterocycles. The van der Waals surface area contributed by atoms with E-state index in [1.165, 1.54) is 0 Å².